The Balaban J connectivity index is 2.83. The Hall–Kier alpha value is -0.880. The largest absolute Gasteiger partial charge is 0.394 e. The molecule has 1 aromatic heterocycles. The smallest absolute Gasteiger partial charge is 0.146 e. The van der Waals surface area contributed by atoms with Gasteiger partial charge in [-0.2, -0.15) is 0 Å². The van der Waals surface area contributed by atoms with Gasteiger partial charge in [0.15, 0.2) is 0 Å². The van der Waals surface area contributed by atoms with Gasteiger partial charge in [-0.1, -0.05) is 6.92 Å². The summed E-state index contributed by atoms with van der Waals surface area (Å²) in [6.45, 7) is 4.90. The van der Waals surface area contributed by atoms with E-state index in [1.807, 2.05) is 13.8 Å². The molecule has 1 heterocycles. The van der Waals surface area contributed by atoms with Crippen LogP contribution in [0.4, 0.5) is 11.6 Å². The zero-order valence-electron chi connectivity index (χ0n) is 9.50. The van der Waals surface area contributed by atoms with Crippen LogP contribution in [0.1, 0.15) is 20.3 Å². The second-order valence-corrected chi connectivity index (χ2v) is 4.14. The highest BCUT2D eigenvalue weighted by atomic mass is 79.9. The molecule has 1 unspecified atom stereocenters. The highest BCUT2D eigenvalue weighted by molar-refractivity contribution is 9.10. The Bertz CT molecular complexity index is 331. The zero-order valence-corrected chi connectivity index (χ0v) is 11.1. The SMILES string of the molecule is CCNc1ncnc(NC(CC)CO)c1Br. The summed E-state index contributed by atoms with van der Waals surface area (Å²) in [5, 5.41) is 15.4. The Morgan fingerprint density at radius 3 is 2.62 bits per heavy atom. The Labute approximate surface area is 104 Å². The quantitative estimate of drug-likeness (QED) is 0.745. The second-order valence-electron chi connectivity index (χ2n) is 3.35. The average Bonchev–Trinajstić information content (AvgIpc) is 2.30. The topological polar surface area (TPSA) is 70.1 Å². The summed E-state index contributed by atoms with van der Waals surface area (Å²) in [4.78, 5) is 8.25. The van der Waals surface area contributed by atoms with E-state index in [-0.39, 0.29) is 12.6 Å². The Morgan fingerprint density at radius 1 is 1.38 bits per heavy atom. The maximum absolute atomic E-state index is 9.11. The summed E-state index contributed by atoms with van der Waals surface area (Å²) in [6.07, 6.45) is 2.33. The maximum atomic E-state index is 9.11. The minimum atomic E-state index is 0.0145. The number of aromatic nitrogens is 2. The summed E-state index contributed by atoms with van der Waals surface area (Å²) >= 11 is 3.44. The van der Waals surface area contributed by atoms with E-state index in [0.29, 0.717) is 5.82 Å². The van der Waals surface area contributed by atoms with Gasteiger partial charge in [-0.3, -0.25) is 0 Å². The molecule has 0 aromatic carbocycles. The van der Waals surface area contributed by atoms with Crippen molar-refractivity contribution in [3.8, 4) is 0 Å². The van der Waals surface area contributed by atoms with E-state index in [2.05, 4.69) is 36.5 Å². The average molecular weight is 289 g/mol. The van der Waals surface area contributed by atoms with Gasteiger partial charge in [0, 0.05) is 6.54 Å². The first-order valence-corrected chi connectivity index (χ1v) is 6.13. The molecule has 1 atom stereocenters. The lowest BCUT2D eigenvalue weighted by Gasteiger charge is -2.16. The molecule has 90 valence electrons. The van der Waals surface area contributed by atoms with Gasteiger partial charge in [-0.05, 0) is 29.3 Å². The number of halogens is 1. The first kappa shape index (κ1) is 13.2. The minimum absolute atomic E-state index is 0.0145. The molecule has 0 saturated heterocycles. The molecule has 1 rings (SSSR count). The van der Waals surface area contributed by atoms with Crippen molar-refractivity contribution in [2.24, 2.45) is 0 Å². The van der Waals surface area contributed by atoms with Crippen LogP contribution in [0.3, 0.4) is 0 Å². The molecule has 1 aromatic rings. The van der Waals surface area contributed by atoms with E-state index in [4.69, 9.17) is 5.11 Å². The van der Waals surface area contributed by atoms with Crippen molar-refractivity contribution in [3.63, 3.8) is 0 Å². The molecule has 0 spiro atoms. The zero-order chi connectivity index (χ0) is 12.0. The lowest BCUT2D eigenvalue weighted by atomic mass is 10.2. The molecule has 0 amide bonds. The van der Waals surface area contributed by atoms with Crippen LogP contribution >= 0.6 is 15.9 Å². The van der Waals surface area contributed by atoms with Gasteiger partial charge in [-0.15, -0.1) is 0 Å². The summed E-state index contributed by atoms with van der Waals surface area (Å²) in [7, 11) is 0. The Morgan fingerprint density at radius 2 is 2.06 bits per heavy atom. The van der Waals surface area contributed by atoms with E-state index in [1.54, 1.807) is 0 Å². The monoisotopic (exact) mass is 288 g/mol. The van der Waals surface area contributed by atoms with Gasteiger partial charge in [0.05, 0.1) is 12.6 Å². The molecular formula is C10H17BrN4O. The van der Waals surface area contributed by atoms with E-state index in [9.17, 15) is 0 Å². The first-order valence-electron chi connectivity index (χ1n) is 5.34. The molecule has 6 heteroatoms. The molecule has 0 radical (unpaired) electrons. The molecule has 0 bridgehead atoms. The van der Waals surface area contributed by atoms with E-state index in [0.717, 1.165) is 23.3 Å². The maximum Gasteiger partial charge on any atom is 0.146 e. The third-order valence-electron chi connectivity index (χ3n) is 2.19. The van der Waals surface area contributed by atoms with Crippen molar-refractivity contribution in [2.45, 2.75) is 26.3 Å². The number of nitrogens with one attached hydrogen (secondary N) is 2. The van der Waals surface area contributed by atoms with Crippen LogP contribution in [-0.4, -0.2) is 34.3 Å². The number of nitrogens with zero attached hydrogens (tertiary/aromatic N) is 2. The second kappa shape index (κ2) is 6.65. The number of aliphatic hydroxyl groups is 1. The first-order chi connectivity index (χ1) is 7.72. The van der Waals surface area contributed by atoms with Crippen LogP contribution in [0.25, 0.3) is 0 Å². The predicted octanol–water partition coefficient (Wildman–Crippen LogP) is 1.85. The van der Waals surface area contributed by atoms with Crippen LogP contribution < -0.4 is 10.6 Å². The number of rotatable bonds is 6. The van der Waals surface area contributed by atoms with Crippen molar-refractivity contribution in [1.29, 1.82) is 0 Å². The van der Waals surface area contributed by atoms with Crippen LogP contribution in [0.2, 0.25) is 0 Å². The third kappa shape index (κ3) is 3.31. The summed E-state index contributed by atoms with van der Waals surface area (Å²) < 4.78 is 0.795. The lowest BCUT2D eigenvalue weighted by Crippen LogP contribution is -2.23. The molecule has 0 aliphatic heterocycles. The third-order valence-corrected chi connectivity index (χ3v) is 2.94. The molecule has 0 aliphatic carbocycles. The summed E-state index contributed by atoms with van der Waals surface area (Å²) in [6, 6.07) is 0.0145. The van der Waals surface area contributed by atoms with Gasteiger partial charge in [0.1, 0.15) is 22.4 Å². The van der Waals surface area contributed by atoms with E-state index in [1.165, 1.54) is 6.33 Å². The summed E-state index contributed by atoms with van der Waals surface area (Å²) in [5.74, 6) is 1.46. The standard InChI is InChI=1S/C10H17BrN4O/c1-3-7(5-16)15-10-8(11)9(12-4-2)13-6-14-10/h6-7,16H,3-5H2,1-2H3,(H2,12,13,14,15). The molecule has 0 fully saturated rings. The normalized spacial score (nSPS) is 12.2. The number of aliphatic hydroxyl groups excluding tert-OH is 1. The number of hydrogen-bond donors (Lipinski definition) is 3. The highest BCUT2D eigenvalue weighted by Gasteiger charge is 2.11. The van der Waals surface area contributed by atoms with Gasteiger partial charge >= 0.3 is 0 Å². The van der Waals surface area contributed by atoms with Gasteiger partial charge in [0.2, 0.25) is 0 Å². The van der Waals surface area contributed by atoms with Crippen molar-refractivity contribution >= 4 is 27.6 Å². The van der Waals surface area contributed by atoms with Crippen molar-refractivity contribution in [2.75, 3.05) is 23.8 Å². The van der Waals surface area contributed by atoms with Crippen LogP contribution in [0, 0.1) is 0 Å². The predicted molar refractivity (Wildman–Crippen MR) is 68.7 cm³/mol. The fourth-order valence-electron chi connectivity index (χ4n) is 1.23. The number of hydrogen-bond acceptors (Lipinski definition) is 5. The fraction of sp³-hybridized carbons (Fsp3) is 0.600. The van der Waals surface area contributed by atoms with Gasteiger partial charge < -0.3 is 15.7 Å². The Kier molecular flexibility index (Phi) is 5.48. The molecule has 16 heavy (non-hydrogen) atoms. The van der Waals surface area contributed by atoms with Crippen molar-refractivity contribution in [3.05, 3.63) is 10.8 Å². The molecule has 5 nitrogen and oxygen atoms in total. The number of anilines is 2. The van der Waals surface area contributed by atoms with Crippen LogP contribution in [-0.2, 0) is 0 Å². The molecule has 3 N–H and O–H groups in total. The van der Waals surface area contributed by atoms with Crippen LogP contribution in [0.15, 0.2) is 10.8 Å². The molecule has 0 aliphatic rings. The van der Waals surface area contributed by atoms with Crippen molar-refractivity contribution in [1.82, 2.24) is 9.97 Å². The highest BCUT2D eigenvalue weighted by Crippen LogP contribution is 2.26. The van der Waals surface area contributed by atoms with Gasteiger partial charge in [-0.25, -0.2) is 9.97 Å². The van der Waals surface area contributed by atoms with E-state index >= 15 is 0 Å². The summed E-state index contributed by atoms with van der Waals surface area (Å²) in [5.41, 5.74) is 0. The van der Waals surface area contributed by atoms with E-state index < -0.39 is 0 Å². The molecule has 0 saturated carbocycles. The lowest BCUT2D eigenvalue weighted by molar-refractivity contribution is 0.271. The van der Waals surface area contributed by atoms with Crippen LogP contribution in [0.5, 0.6) is 0 Å². The fourth-order valence-corrected chi connectivity index (χ4v) is 1.69. The van der Waals surface area contributed by atoms with Crippen molar-refractivity contribution < 1.29 is 5.11 Å². The minimum Gasteiger partial charge on any atom is -0.394 e. The molecular weight excluding hydrogens is 272 g/mol. The van der Waals surface area contributed by atoms with Gasteiger partial charge in [0.25, 0.3) is 0 Å².